The number of furan rings is 1. The Morgan fingerprint density at radius 1 is 1.07 bits per heavy atom. The third-order valence-electron chi connectivity index (χ3n) is 3.76. The summed E-state index contributed by atoms with van der Waals surface area (Å²) in [6, 6.07) is 15.1. The van der Waals surface area contributed by atoms with Crippen molar-refractivity contribution in [3.05, 3.63) is 77.8 Å². The summed E-state index contributed by atoms with van der Waals surface area (Å²) in [7, 11) is 0. The van der Waals surface area contributed by atoms with Crippen molar-refractivity contribution in [2.45, 2.75) is 6.36 Å². The number of anilines is 1. The first-order valence-corrected chi connectivity index (χ1v) is 8.39. The van der Waals surface area contributed by atoms with Gasteiger partial charge in [0.15, 0.2) is 0 Å². The van der Waals surface area contributed by atoms with Crippen LogP contribution >= 0.6 is 0 Å². The number of rotatable bonds is 5. The standard InChI is InChI=1S/C21H12F4N2O3/c22-18-4-2-1-3-17(18)19-10-9-16(29-19)11-13(12-26)20(28)27-14-5-7-15(8-6-14)30-21(23,24)25/h1-11H,(H,27,28)/b13-11+. The van der Waals surface area contributed by atoms with E-state index in [4.69, 9.17) is 4.42 Å². The van der Waals surface area contributed by atoms with Crippen LogP contribution in [0.1, 0.15) is 5.76 Å². The van der Waals surface area contributed by atoms with Crippen molar-refractivity contribution in [1.29, 1.82) is 5.26 Å². The number of alkyl halides is 3. The maximum Gasteiger partial charge on any atom is 0.573 e. The molecule has 0 aliphatic heterocycles. The number of hydrogen-bond acceptors (Lipinski definition) is 4. The maximum atomic E-state index is 13.8. The van der Waals surface area contributed by atoms with Crippen molar-refractivity contribution in [2.75, 3.05) is 5.32 Å². The van der Waals surface area contributed by atoms with E-state index >= 15 is 0 Å². The van der Waals surface area contributed by atoms with E-state index in [1.807, 2.05) is 0 Å². The molecule has 2 aromatic carbocycles. The molecule has 0 radical (unpaired) electrons. The fourth-order valence-corrected chi connectivity index (χ4v) is 2.47. The summed E-state index contributed by atoms with van der Waals surface area (Å²) in [5.74, 6) is -1.37. The quantitative estimate of drug-likeness (QED) is 0.337. The van der Waals surface area contributed by atoms with Gasteiger partial charge in [0.05, 0.1) is 5.56 Å². The highest BCUT2D eigenvalue weighted by molar-refractivity contribution is 6.09. The minimum absolute atomic E-state index is 0.147. The molecule has 3 rings (SSSR count). The number of carbonyl (C=O) groups is 1. The molecule has 1 N–H and O–H groups in total. The Hall–Kier alpha value is -4.06. The van der Waals surface area contributed by atoms with Gasteiger partial charge in [-0.2, -0.15) is 5.26 Å². The van der Waals surface area contributed by atoms with Gasteiger partial charge in [-0.25, -0.2) is 4.39 Å². The zero-order valence-corrected chi connectivity index (χ0v) is 15.0. The summed E-state index contributed by atoms with van der Waals surface area (Å²) < 4.78 is 59.6. The maximum absolute atomic E-state index is 13.8. The third kappa shape index (κ3) is 5.26. The average molecular weight is 416 g/mol. The van der Waals surface area contributed by atoms with E-state index in [9.17, 15) is 27.6 Å². The highest BCUT2D eigenvalue weighted by atomic mass is 19.4. The Morgan fingerprint density at radius 3 is 2.40 bits per heavy atom. The molecule has 0 aliphatic rings. The molecule has 1 heterocycles. The molecule has 0 atom stereocenters. The number of hydrogen-bond donors (Lipinski definition) is 1. The first kappa shape index (κ1) is 20.7. The minimum Gasteiger partial charge on any atom is -0.457 e. The van der Waals surface area contributed by atoms with E-state index < -0.39 is 23.8 Å². The van der Waals surface area contributed by atoms with E-state index in [0.29, 0.717) is 0 Å². The minimum atomic E-state index is -4.83. The normalized spacial score (nSPS) is 11.6. The molecule has 0 saturated carbocycles. The molecule has 9 heteroatoms. The summed E-state index contributed by atoms with van der Waals surface area (Å²) in [5, 5.41) is 11.6. The van der Waals surface area contributed by atoms with Crippen molar-refractivity contribution >= 4 is 17.7 Å². The SMILES string of the molecule is N#C/C(=C\c1ccc(-c2ccccc2F)o1)C(=O)Nc1ccc(OC(F)(F)F)cc1. The van der Waals surface area contributed by atoms with Crippen LogP contribution in [0.15, 0.2) is 70.7 Å². The molecule has 30 heavy (non-hydrogen) atoms. The van der Waals surface area contributed by atoms with Gasteiger partial charge in [0.2, 0.25) is 0 Å². The lowest BCUT2D eigenvalue weighted by atomic mass is 10.1. The van der Waals surface area contributed by atoms with Gasteiger partial charge >= 0.3 is 6.36 Å². The number of nitrogens with one attached hydrogen (secondary N) is 1. The van der Waals surface area contributed by atoms with Crippen LogP contribution in [0.2, 0.25) is 0 Å². The second kappa shape index (κ2) is 8.53. The molecule has 1 aromatic heterocycles. The van der Waals surface area contributed by atoms with E-state index in [0.717, 1.165) is 12.1 Å². The van der Waals surface area contributed by atoms with E-state index in [2.05, 4.69) is 10.1 Å². The van der Waals surface area contributed by atoms with Crippen LogP contribution in [-0.2, 0) is 4.79 Å². The fraction of sp³-hybridized carbons (Fsp3) is 0.0476. The molecule has 0 fully saturated rings. The summed E-state index contributed by atoms with van der Waals surface area (Å²) in [6.45, 7) is 0. The van der Waals surface area contributed by atoms with Gasteiger partial charge in [-0.3, -0.25) is 4.79 Å². The van der Waals surface area contributed by atoms with Gasteiger partial charge in [0, 0.05) is 11.8 Å². The van der Waals surface area contributed by atoms with Crippen LogP contribution in [0.25, 0.3) is 17.4 Å². The summed E-state index contributed by atoms with van der Waals surface area (Å²) in [5.41, 5.74) is 0.0588. The van der Waals surface area contributed by atoms with E-state index in [1.54, 1.807) is 12.1 Å². The topological polar surface area (TPSA) is 75.3 Å². The highest BCUT2D eigenvalue weighted by Gasteiger charge is 2.31. The number of ether oxygens (including phenoxy) is 1. The van der Waals surface area contributed by atoms with Crippen molar-refractivity contribution < 1.29 is 31.5 Å². The highest BCUT2D eigenvalue weighted by Crippen LogP contribution is 2.26. The second-order valence-corrected chi connectivity index (χ2v) is 5.88. The van der Waals surface area contributed by atoms with Gasteiger partial charge in [-0.15, -0.1) is 13.2 Å². The Kier molecular flexibility index (Phi) is 5.88. The van der Waals surface area contributed by atoms with Crippen LogP contribution in [0.5, 0.6) is 5.75 Å². The Bertz CT molecular complexity index is 1130. The Morgan fingerprint density at radius 2 is 1.77 bits per heavy atom. The van der Waals surface area contributed by atoms with Crippen LogP contribution in [-0.4, -0.2) is 12.3 Å². The van der Waals surface area contributed by atoms with Crippen molar-refractivity contribution in [3.63, 3.8) is 0 Å². The zero-order chi connectivity index (χ0) is 21.7. The predicted octanol–water partition coefficient (Wildman–Crippen LogP) is 5.53. The molecule has 152 valence electrons. The van der Waals surface area contributed by atoms with Crippen LogP contribution < -0.4 is 10.1 Å². The second-order valence-electron chi connectivity index (χ2n) is 5.88. The third-order valence-corrected chi connectivity index (χ3v) is 3.76. The summed E-state index contributed by atoms with van der Waals surface area (Å²) in [6.07, 6.45) is -3.66. The molecule has 0 saturated heterocycles. The largest absolute Gasteiger partial charge is 0.573 e. The lowest BCUT2D eigenvalue weighted by molar-refractivity contribution is -0.274. The number of halogens is 4. The number of nitriles is 1. The Labute approximate surface area is 167 Å². The number of amides is 1. The van der Waals surface area contributed by atoms with Gasteiger partial charge in [-0.1, -0.05) is 12.1 Å². The lowest BCUT2D eigenvalue weighted by Gasteiger charge is -2.09. The average Bonchev–Trinajstić information content (AvgIpc) is 3.15. The van der Waals surface area contributed by atoms with Crippen LogP contribution in [0.3, 0.4) is 0 Å². The molecule has 0 aliphatic carbocycles. The van der Waals surface area contributed by atoms with Crippen LogP contribution in [0.4, 0.5) is 23.2 Å². The monoisotopic (exact) mass is 416 g/mol. The molecule has 0 spiro atoms. The summed E-state index contributed by atoms with van der Waals surface area (Å²) >= 11 is 0. The van der Waals surface area contributed by atoms with Gasteiger partial charge in [0.25, 0.3) is 5.91 Å². The van der Waals surface area contributed by atoms with Crippen molar-refractivity contribution in [1.82, 2.24) is 0 Å². The molecule has 0 bridgehead atoms. The smallest absolute Gasteiger partial charge is 0.457 e. The summed E-state index contributed by atoms with van der Waals surface area (Å²) in [4.78, 5) is 12.3. The van der Waals surface area contributed by atoms with E-state index in [-0.39, 0.29) is 28.3 Å². The van der Waals surface area contributed by atoms with Crippen LogP contribution in [0, 0.1) is 17.1 Å². The molecule has 5 nitrogen and oxygen atoms in total. The molecular formula is C21H12F4N2O3. The predicted molar refractivity (Wildman–Crippen MR) is 99.4 cm³/mol. The molecule has 0 unspecified atom stereocenters. The van der Waals surface area contributed by atoms with Gasteiger partial charge in [0.1, 0.15) is 34.7 Å². The number of carbonyl (C=O) groups excluding carboxylic acids is 1. The first-order valence-electron chi connectivity index (χ1n) is 8.39. The first-order chi connectivity index (χ1) is 14.2. The molecule has 1 amide bonds. The van der Waals surface area contributed by atoms with Crippen molar-refractivity contribution in [2.24, 2.45) is 0 Å². The Balaban J connectivity index is 1.73. The molecular weight excluding hydrogens is 404 g/mol. The number of nitrogens with zero attached hydrogens (tertiary/aromatic N) is 1. The lowest BCUT2D eigenvalue weighted by Crippen LogP contribution is -2.17. The van der Waals surface area contributed by atoms with Gasteiger partial charge in [-0.05, 0) is 48.5 Å². The van der Waals surface area contributed by atoms with Gasteiger partial charge < -0.3 is 14.5 Å². The fourth-order valence-electron chi connectivity index (χ4n) is 2.47. The van der Waals surface area contributed by atoms with Crippen molar-refractivity contribution in [3.8, 4) is 23.1 Å². The zero-order valence-electron chi connectivity index (χ0n) is 15.0. The molecule has 3 aromatic rings. The number of benzene rings is 2. The van der Waals surface area contributed by atoms with E-state index in [1.165, 1.54) is 48.5 Å².